The van der Waals surface area contributed by atoms with E-state index >= 15 is 0 Å². The molecule has 0 aromatic heterocycles. The van der Waals surface area contributed by atoms with Crippen molar-refractivity contribution < 1.29 is 32.5 Å². The number of alkyl halides is 3. The predicted molar refractivity (Wildman–Crippen MR) is 64.6 cm³/mol. The number of hydrogen-bond donors (Lipinski definition) is 1. The van der Waals surface area contributed by atoms with Crippen LogP contribution in [0.4, 0.5) is 13.2 Å². The second-order valence-electron chi connectivity index (χ2n) is 3.94. The van der Waals surface area contributed by atoms with E-state index in [1.54, 1.807) is 6.92 Å². The molecular formula is C13H15F3O4. The summed E-state index contributed by atoms with van der Waals surface area (Å²) in [6.07, 6.45) is -5.25. The van der Waals surface area contributed by atoms with Gasteiger partial charge < -0.3 is 14.6 Å². The average molecular weight is 292 g/mol. The summed E-state index contributed by atoms with van der Waals surface area (Å²) in [7, 11) is 0. The van der Waals surface area contributed by atoms with E-state index < -0.39 is 23.8 Å². The van der Waals surface area contributed by atoms with Crippen LogP contribution < -0.4 is 4.74 Å². The van der Waals surface area contributed by atoms with Crippen LogP contribution in [0.1, 0.15) is 18.9 Å². The Bertz CT molecular complexity index is 428. The summed E-state index contributed by atoms with van der Waals surface area (Å²) < 4.78 is 47.2. The van der Waals surface area contributed by atoms with Gasteiger partial charge in [0.1, 0.15) is 5.75 Å². The molecule has 0 aliphatic carbocycles. The zero-order valence-electron chi connectivity index (χ0n) is 10.8. The minimum absolute atomic E-state index is 0.0440. The van der Waals surface area contributed by atoms with Crippen LogP contribution in [0.15, 0.2) is 24.3 Å². The number of hydrogen-bond acceptors (Lipinski definition) is 3. The third-order valence-corrected chi connectivity index (χ3v) is 2.47. The maximum Gasteiger partial charge on any atom is 0.416 e. The van der Waals surface area contributed by atoms with Crippen molar-refractivity contribution >= 4 is 5.97 Å². The molecule has 1 aromatic carbocycles. The lowest BCUT2D eigenvalue weighted by Crippen LogP contribution is -2.26. The first-order valence-electron chi connectivity index (χ1n) is 5.99. The van der Waals surface area contributed by atoms with Gasteiger partial charge >= 0.3 is 12.1 Å². The predicted octanol–water partition coefficient (Wildman–Crippen LogP) is 2.96. The Kier molecular flexibility index (Phi) is 5.82. The summed E-state index contributed by atoms with van der Waals surface area (Å²) in [6.45, 7) is 1.98. The first-order chi connectivity index (χ1) is 9.34. The fourth-order valence-electron chi connectivity index (χ4n) is 1.50. The van der Waals surface area contributed by atoms with Crippen LogP contribution >= 0.6 is 0 Å². The van der Waals surface area contributed by atoms with E-state index in [9.17, 15) is 18.0 Å². The number of carboxylic acids is 1. The molecule has 1 atom stereocenters. The van der Waals surface area contributed by atoms with Crippen molar-refractivity contribution in [2.75, 3.05) is 13.2 Å². The van der Waals surface area contributed by atoms with E-state index in [1.807, 2.05) is 0 Å². The average Bonchev–Trinajstić information content (AvgIpc) is 2.37. The second-order valence-corrected chi connectivity index (χ2v) is 3.94. The number of rotatable bonds is 7. The van der Waals surface area contributed by atoms with Gasteiger partial charge in [-0.25, -0.2) is 4.79 Å². The highest BCUT2D eigenvalue weighted by Crippen LogP contribution is 2.30. The zero-order valence-corrected chi connectivity index (χ0v) is 10.8. The molecule has 4 nitrogen and oxygen atoms in total. The molecule has 0 heterocycles. The topological polar surface area (TPSA) is 55.8 Å². The van der Waals surface area contributed by atoms with Gasteiger partial charge in [0.15, 0.2) is 6.10 Å². The smallest absolute Gasteiger partial charge is 0.416 e. The van der Waals surface area contributed by atoms with Crippen molar-refractivity contribution in [3.8, 4) is 5.75 Å². The van der Waals surface area contributed by atoms with Gasteiger partial charge in [0.25, 0.3) is 0 Å². The highest BCUT2D eigenvalue weighted by atomic mass is 19.4. The molecule has 0 amide bonds. The third kappa shape index (κ3) is 5.08. The molecule has 0 aliphatic heterocycles. The molecule has 0 fully saturated rings. The van der Waals surface area contributed by atoms with Crippen molar-refractivity contribution in [3.63, 3.8) is 0 Å². The Hall–Kier alpha value is -1.76. The molecule has 112 valence electrons. The Balaban J connectivity index is 2.48. The van der Waals surface area contributed by atoms with Crippen LogP contribution in [-0.2, 0) is 15.7 Å². The second kappa shape index (κ2) is 7.14. The summed E-state index contributed by atoms with van der Waals surface area (Å²) in [5, 5.41) is 8.82. The lowest BCUT2D eigenvalue weighted by Gasteiger charge is -2.13. The molecule has 1 rings (SSSR count). The molecule has 1 unspecified atom stereocenters. The van der Waals surface area contributed by atoms with E-state index in [4.69, 9.17) is 14.6 Å². The molecule has 0 radical (unpaired) electrons. The molecule has 20 heavy (non-hydrogen) atoms. The largest absolute Gasteiger partial charge is 0.493 e. The van der Waals surface area contributed by atoms with Crippen molar-refractivity contribution in [2.24, 2.45) is 0 Å². The van der Waals surface area contributed by atoms with Crippen LogP contribution in [0.2, 0.25) is 0 Å². The van der Waals surface area contributed by atoms with Crippen LogP contribution in [0.5, 0.6) is 5.75 Å². The highest BCUT2D eigenvalue weighted by molar-refractivity contribution is 5.72. The third-order valence-electron chi connectivity index (χ3n) is 2.47. The van der Waals surface area contributed by atoms with Gasteiger partial charge in [0.2, 0.25) is 0 Å². The Morgan fingerprint density at radius 3 is 2.35 bits per heavy atom. The minimum Gasteiger partial charge on any atom is -0.493 e. The monoisotopic (exact) mass is 292 g/mol. The van der Waals surface area contributed by atoms with Gasteiger partial charge in [0.05, 0.1) is 12.2 Å². The number of carboxylic acid groups (broad SMARTS) is 1. The summed E-state index contributed by atoms with van der Waals surface area (Å²) in [6, 6.07) is 4.21. The van der Waals surface area contributed by atoms with Gasteiger partial charge in [-0.15, -0.1) is 0 Å². The van der Waals surface area contributed by atoms with Crippen molar-refractivity contribution in [3.05, 3.63) is 29.8 Å². The Morgan fingerprint density at radius 2 is 1.90 bits per heavy atom. The van der Waals surface area contributed by atoms with E-state index in [1.165, 1.54) is 12.1 Å². The summed E-state index contributed by atoms with van der Waals surface area (Å²) in [4.78, 5) is 10.8. The van der Waals surface area contributed by atoms with Crippen molar-refractivity contribution in [1.29, 1.82) is 0 Å². The molecular weight excluding hydrogens is 277 g/mol. The normalized spacial score (nSPS) is 13.0. The highest BCUT2D eigenvalue weighted by Gasteiger charge is 2.30. The molecule has 1 aromatic rings. The standard InChI is InChI=1S/C13H15F3O4/c1-2-19-11(12(17)18)7-8-20-10-5-3-9(4-6-10)13(14,15)16/h3-6,11H,2,7-8H2,1H3,(H,17,18). The van der Waals surface area contributed by atoms with Crippen LogP contribution in [-0.4, -0.2) is 30.4 Å². The van der Waals surface area contributed by atoms with E-state index in [-0.39, 0.29) is 25.4 Å². The van der Waals surface area contributed by atoms with Crippen LogP contribution in [0.3, 0.4) is 0 Å². The summed E-state index contributed by atoms with van der Waals surface area (Å²) >= 11 is 0. The lowest BCUT2D eigenvalue weighted by atomic mass is 10.2. The van der Waals surface area contributed by atoms with E-state index in [0.29, 0.717) is 0 Å². The molecule has 7 heteroatoms. The molecule has 0 saturated carbocycles. The molecule has 0 saturated heterocycles. The van der Waals surface area contributed by atoms with Gasteiger partial charge in [-0.3, -0.25) is 0 Å². The number of halogens is 3. The number of benzene rings is 1. The van der Waals surface area contributed by atoms with Gasteiger partial charge in [-0.05, 0) is 31.2 Å². The van der Waals surface area contributed by atoms with Gasteiger partial charge in [0, 0.05) is 13.0 Å². The first-order valence-corrected chi connectivity index (χ1v) is 5.99. The van der Waals surface area contributed by atoms with E-state index in [2.05, 4.69) is 0 Å². The maximum atomic E-state index is 12.3. The zero-order chi connectivity index (χ0) is 15.2. The Morgan fingerprint density at radius 1 is 1.30 bits per heavy atom. The fraction of sp³-hybridized carbons (Fsp3) is 0.462. The summed E-state index contributed by atoms with van der Waals surface area (Å²) in [5.74, 6) is -0.846. The maximum absolute atomic E-state index is 12.3. The van der Waals surface area contributed by atoms with Gasteiger partial charge in [-0.2, -0.15) is 13.2 Å². The number of aliphatic carboxylic acids is 1. The Labute approximate surface area is 114 Å². The number of ether oxygens (including phenoxy) is 2. The molecule has 1 N–H and O–H groups in total. The molecule has 0 aliphatic rings. The van der Waals surface area contributed by atoms with E-state index in [0.717, 1.165) is 12.1 Å². The fourth-order valence-corrected chi connectivity index (χ4v) is 1.50. The van der Waals surface area contributed by atoms with Crippen LogP contribution in [0.25, 0.3) is 0 Å². The van der Waals surface area contributed by atoms with Crippen molar-refractivity contribution in [1.82, 2.24) is 0 Å². The number of carbonyl (C=O) groups is 1. The minimum atomic E-state index is -4.39. The first kappa shape index (κ1) is 16.3. The summed E-state index contributed by atoms with van der Waals surface area (Å²) in [5.41, 5.74) is -0.762. The quantitative estimate of drug-likeness (QED) is 0.839. The van der Waals surface area contributed by atoms with Crippen LogP contribution in [0, 0.1) is 0 Å². The molecule has 0 bridgehead atoms. The van der Waals surface area contributed by atoms with Gasteiger partial charge in [-0.1, -0.05) is 0 Å². The SMILES string of the molecule is CCOC(CCOc1ccc(C(F)(F)F)cc1)C(=O)O. The van der Waals surface area contributed by atoms with Crippen molar-refractivity contribution in [2.45, 2.75) is 25.6 Å². The lowest BCUT2D eigenvalue weighted by molar-refractivity contribution is -0.150. The molecule has 0 spiro atoms.